The summed E-state index contributed by atoms with van der Waals surface area (Å²) in [6, 6.07) is 3.21. The number of rotatable bonds is 2. The van der Waals surface area contributed by atoms with Crippen molar-refractivity contribution < 1.29 is 13.5 Å². The minimum atomic E-state index is -0.527. The molecule has 1 aromatic heterocycles. The van der Waals surface area contributed by atoms with Crippen molar-refractivity contribution in [1.29, 1.82) is 0 Å². The number of nitrogens with zero attached hydrogens (tertiary/aromatic N) is 2. The summed E-state index contributed by atoms with van der Waals surface area (Å²) in [6.45, 7) is 1.64. The highest BCUT2D eigenvalue weighted by Crippen LogP contribution is 2.34. The molecule has 0 fully saturated rings. The molecule has 0 saturated heterocycles. The van der Waals surface area contributed by atoms with E-state index >= 15 is 0 Å². The second-order valence-corrected chi connectivity index (χ2v) is 3.92. The molecule has 0 atom stereocenters. The number of aryl methyl sites for hydroxylation is 1. The quantitative estimate of drug-likeness (QED) is 0.852. The maximum Gasteiger partial charge on any atom is 0.250 e. The molecule has 0 aliphatic carbocycles. The molecule has 16 heavy (non-hydrogen) atoms. The lowest BCUT2D eigenvalue weighted by atomic mass is 10.2. The molecule has 1 heterocycles. The molecule has 0 aliphatic rings. The van der Waals surface area contributed by atoms with Gasteiger partial charge in [-0.2, -0.15) is 0 Å². The van der Waals surface area contributed by atoms with Gasteiger partial charge in [0.15, 0.2) is 11.6 Å². The van der Waals surface area contributed by atoms with Gasteiger partial charge in [-0.15, -0.1) is 10.2 Å². The Labute approximate surface area is 99.6 Å². The molecule has 6 heteroatoms. The van der Waals surface area contributed by atoms with Crippen molar-refractivity contribution in [3.63, 3.8) is 0 Å². The smallest absolute Gasteiger partial charge is 0.250 e. The highest BCUT2D eigenvalue weighted by Gasteiger charge is 2.17. The van der Waals surface area contributed by atoms with Crippen LogP contribution in [0.4, 0.5) is 4.39 Å². The molecule has 0 bridgehead atoms. The van der Waals surface area contributed by atoms with Crippen LogP contribution in [0.2, 0.25) is 0 Å². The van der Waals surface area contributed by atoms with Gasteiger partial charge in [-0.1, -0.05) is 0 Å². The number of hydrogen-bond donors (Lipinski definition) is 0. The van der Waals surface area contributed by atoms with Crippen LogP contribution in [0, 0.1) is 12.7 Å². The first kappa shape index (κ1) is 11.1. The van der Waals surface area contributed by atoms with Gasteiger partial charge >= 0.3 is 0 Å². The van der Waals surface area contributed by atoms with Gasteiger partial charge in [0.2, 0.25) is 5.89 Å². The third kappa shape index (κ3) is 1.80. The average Bonchev–Trinajstić information content (AvgIpc) is 2.65. The summed E-state index contributed by atoms with van der Waals surface area (Å²) in [7, 11) is 1.39. The van der Waals surface area contributed by atoms with Gasteiger partial charge < -0.3 is 9.15 Å². The van der Waals surface area contributed by atoms with Gasteiger partial charge in [0.05, 0.1) is 17.1 Å². The van der Waals surface area contributed by atoms with Crippen LogP contribution in [0.25, 0.3) is 11.5 Å². The number of aromatic nitrogens is 2. The molecule has 4 nitrogen and oxygen atoms in total. The lowest BCUT2D eigenvalue weighted by Gasteiger charge is -2.06. The first-order valence-corrected chi connectivity index (χ1v) is 5.25. The van der Waals surface area contributed by atoms with E-state index in [4.69, 9.17) is 9.15 Å². The molecular formula is C10H8BrFN2O2. The second-order valence-electron chi connectivity index (χ2n) is 3.07. The summed E-state index contributed by atoms with van der Waals surface area (Å²) >= 11 is 3.19. The van der Waals surface area contributed by atoms with E-state index in [9.17, 15) is 4.39 Å². The van der Waals surface area contributed by atoms with E-state index < -0.39 is 5.82 Å². The molecule has 0 unspecified atom stereocenters. The predicted octanol–water partition coefficient (Wildman–Crippen LogP) is 2.96. The van der Waals surface area contributed by atoms with E-state index in [-0.39, 0.29) is 17.2 Å². The van der Waals surface area contributed by atoms with Crippen LogP contribution in [0.5, 0.6) is 5.75 Å². The molecule has 2 aromatic rings. The fraction of sp³-hybridized carbons (Fsp3) is 0.200. The third-order valence-corrected chi connectivity index (χ3v) is 2.63. The Morgan fingerprint density at radius 1 is 1.38 bits per heavy atom. The van der Waals surface area contributed by atoms with Crippen molar-refractivity contribution in [3.8, 4) is 17.2 Å². The van der Waals surface area contributed by atoms with Crippen molar-refractivity contribution in [2.75, 3.05) is 7.11 Å². The van der Waals surface area contributed by atoms with Crippen LogP contribution in [0.1, 0.15) is 5.89 Å². The molecule has 0 amide bonds. The highest BCUT2D eigenvalue weighted by molar-refractivity contribution is 9.10. The summed E-state index contributed by atoms with van der Waals surface area (Å²) in [5, 5.41) is 7.40. The minimum Gasteiger partial charge on any atom is -0.492 e. The minimum absolute atomic E-state index is 0.119. The van der Waals surface area contributed by atoms with Crippen molar-refractivity contribution in [2.45, 2.75) is 6.92 Å². The van der Waals surface area contributed by atoms with Crippen LogP contribution in [-0.2, 0) is 0 Å². The highest BCUT2D eigenvalue weighted by atomic mass is 79.9. The SMILES string of the molecule is COc1c(Br)ccc(-c2nnc(C)o2)c1F. The Hall–Kier alpha value is -1.43. The standard InChI is InChI=1S/C10H8BrFN2O2/c1-5-13-14-10(16-5)6-3-4-7(11)9(15-2)8(6)12/h3-4H,1-2H3. The lowest BCUT2D eigenvalue weighted by Crippen LogP contribution is -1.93. The molecule has 0 spiro atoms. The molecule has 0 saturated carbocycles. The number of hydrogen-bond acceptors (Lipinski definition) is 4. The third-order valence-electron chi connectivity index (χ3n) is 2.01. The molecule has 2 rings (SSSR count). The van der Waals surface area contributed by atoms with Gasteiger partial charge in [0.1, 0.15) is 0 Å². The van der Waals surface area contributed by atoms with Crippen molar-refractivity contribution in [1.82, 2.24) is 10.2 Å². The average molecular weight is 287 g/mol. The van der Waals surface area contributed by atoms with Crippen LogP contribution in [0.15, 0.2) is 21.0 Å². The lowest BCUT2D eigenvalue weighted by molar-refractivity contribution is 0.383. The van der Waals surface area contributed by atoms with Crippen LogP contribution < -0.4 is 4.74 Å². The molecule has 0 aliphatic heterocycles. The van der Waals surface area contributed by atoms with Gasteiger partial charge in [-0.3, -0.25) is 0 Å². The Bertz CT molecular complexity index is 528. The Morgan fingerprint density at radius 3 is 2.69 bits per heavy atom. The van der Waals surface area contributed by atoms with Crippen molar-refractivity contribution >= 4 is 15.9 Å². The Kier molecular flexibility index (Phi) is 2.91. The Balaban J connectivity index is 2.58. The van der Waals surface area contributed by atoms with Gasteiger partial charge in [-0.05, 0) is 28.1 Å². The fourth-order valence-corrected chi connectivity index (χ4v) is 1.76. The molecule has 0 radical (unpaired) electrons. The van der Waals surface area contributed by atoms with E-state index in [0.29, 0.717) is 10.4 Å². The van der Waals surface area contributed by atoms with Gasteiger partial charge in [-0.25, -0.2) is 4.39 Å². The summed E-state index contributed by atoms with van der Waals surface area (Å²) in [6.07, 6.45) is 0. The zero-order chi connectivity index (χ0) is 11.7. The van der Waals surface area contributed by atoms with Crippen LogP contribution in [0.3, 0.4) is 0 Å². The number of methoxy groups -OCH3 is 1. The largest absolute Gasteiger partial charge is 0.492 e. The number of halogens is 2. The van der Waals surface area contributed by atoms with E-state index in [0.717, 1.165) is 0 Å². The molecular weight excluding hydrogens is 279 g/mol. The summed E-state index contributed by atoms with van der Waals surface area (Å²) in [5.41, 5.74) is 0.223. The van der Waals surface area contributed by atoms with Crippen LogP contribution >= 0.6 is 15.9 Å². The number of ether oxygens (including phenoxy) is 1. The summed E-state index contributed by atoms with van der Waals surface area (Å²) in [5.74, 6) is 0.117. The molecule has 84 valence electrons. The van der Waals surface area contributed by atoms with Crippen molar-refractivity contribution in [2.24, 2.45) is 0 Å². The monoisotopic (exact) mass is 286 g/mol. The first-order valence-electron chi connectivity index (χ1n) is 4.46. The fourth-order valence-electron chi connectivity index (χ4n) is 1.29. The topological polar surface area (TPSA) is 48.2 Å². The maximum atomic E-state index is 13.9. The van der Waals surface area contributed by atoms with E-state index in [1.165, 1.54) is 7.11 Å². The normalized spacial score (nSPS) is 10.5. The number of benzene rings is 1. The second kappa shape index (κ2) is 4.21. The maximum absolute atomic E-state index is 13.9. The van der Waals surface area contributed by atoms with E-state index in [1.807, 2.05) is 0 Å². The molecule has 1 aromatic carbocycles. The zero-order valence-corrected chi connectivity index (χ0v) is 10.2. The van der Waals surface area contributed by atoms with Gasteiger partial charge in [0.25, 0.3) is 5.89 Å². The summed E-state index contributed by atoms with van der Waals surface area (Å²) in [4.78, 5) is 0. The van der Waals surface area contributed by atoms with Gasteiger partial charge in [0, 0.05) is 6.92 Å². The molecule has 0 N–H and O–H groups in total. The van der Waals surface area contributed by atoms with E-state index in [2.05, 4.69) is 26.1 Å². The van der Waals surface area contributed by atoms with Crippen molar-refractivity contribution in [3.05, 3.63) is 28.3 Å². The van der Waals surface area contributed by atoms with Crippen LogP contribution in [-0.4, -0.2) is 17.3 Å². The predicted molar refractivity (Wildman–Crippen MR) is 58.7 cm³/mol. The summed E-state index contributed by atoms with van der Waals surface area (Å²) < 4.78 is 24.6. The first-order chi connectivity index (χ1) is 7.63. The van der Waals surface area contributed by atoms with E-state index in [1.54, 1.807) is 19.1 Å². The zero-order valence-electron chi connectivity index (χ0n) is 8.62. The Morgan fingerprint density at radius 2 is 2.12 bits per heavy atom.